The van der Waals surface area contributed by atoms with Crippen LogP contribution >= 0.6 is 0 Å². The third-order valence-corrected chi connectivity index (χ3v) is 1.84. The van der Waals surface area contributed by atoms with Gasteiger partial charge in [-0.2, -0.15) is 0 Å². The van der Waals surface area contributed by atoms with Crippen LogP contribution in [-0.4, -0.2) is 13.6 Å². The molecule has 0 radical (unpaired) electrons. The van der Waals surface area contributed by atoms with Crippen molar-refractivity contribution in [2.24, 2.45) is 5.92 Å². The maximum absolute atomic E-state index is 3.14. The molecule has 0 aliphatic heterocycles. The quantitative estimate of drug-likeness (QED) is 0.451. The fraction of sp³-hybridized carbons (Fsp3) is 0.800. The van der Waals surface area contributed by atoms with E-state index >= 15 is 0 Å². The van der Waals surface area contributed by atoms with E-state index in [0.717, 1.165) is 13.0 Å². The maximum Gasteiger partial charge on any atom is 0.0163 e. The zero-order chi connectivity index (χ0) is 9.23. The first-order chi connectivity index (χ1) is 5.85. The van der Waals surface area contributed by atoms with Gasteiger partial charge in [-0.25, -0.2) is 0 Å². The highest BCUT2D eigenvalue weighted by molar-refractivity contribution is 4.88. The molecule has 0 aliphatic carbocycles. The van der Waals surface area contributed by atoms with E-state index in [-0.39, 0.29) is 0 Å². The van der Waals surface area contributed by atoms with Crippen molar-refractivity contribution in [2.45, 2.75) is 33.1 Å². The van der Waals surface area contributed by atoms with Gasteiger partial charge in [-0.05, 0) is 25.8 Å². The first kappa shape index (κ1) is 11.7. The zero-order valence-electron chi connectivity index (χ0n) is 8.56. The van der Waals surface area contributed by atoms with Gasteiger partial charge in [0.25, 0.3) is 0 Å². The highest BCUT2D eigenvalue weighted by Gasteiger charge is 2.00. The summed E-state index contributed by atoms with van der Waals surface area (Å²) in [4.78, 5) is 0. The van der Waals surface area contributed by atoms with Crippen LogP contribution in [0.4, 0.5) is 0 Å². The summed E-state index contributed by atoms with van der Waals surface area (Å²) in [5.74, 6) is 0.683. The van der Waals surface area contributed by atoms with Gasteiger partial charge >= 0.3 is 0 Å². The van der Waals surface area contributed by atoms with Gasteiger partial charge in [0.05, 0.1) is 0 Å². The van der Waals surface area contributed by atoms with Crippen LogP contribution in [0, 0.1) is 5.92 Å². The van der Waals surface area contributed by atoms with Crippen LogP contribution in [0.1, 0.15) is 33.1 Å². The lowest BCUT2D eigenvalue weighted by Gasteiger charge is -2.11. The molecule has 72 valence electrons. The smallest absolute Gasteiger partial charge is 0.0163 e. The summed E-state index contributed by atoms with van der Waals surface area (Å²) in [7, 11) is 1.91. The van der Waals surface area contributed by atoms with Crippen molar-refractivity contribution in [3.63, 3.8) is 0 Å². The number of hydrazine groups is 1. The number of nitrogens with one attached hydrogen (secondary N) is 2. The first-order valence-electron chi connectivity index (χ1n) is 4.91. The van der Waals surface area contributed by atoms with Gasteiger partial charge in [0, 0.05) is 6.54 Å². The average molecular weight is 170 g/mol. The second-order valence-electron chi connectivity index (χ2n) is 3.02. The Labute approximate surface area is 76.4 Å². The molecule has 0 fully saturated rings. The van der Waals surface area contributed by atoms with Gasteiger partial charge in [0.1, 0.15) is 0 Å². The molecule has 0 amide bonds. The third-order valence-electron chi connectivity index (χ3n) is 1.84. The standard InChI is InChI=1S/C10H22N2/c1-4-6-8-10(7-5-2)9-12-11-3/h6,8,10-12H,4-5,7,9H2,1-3H3/b8-6-. The normalized spacial score (nSPS) is 13.9. The molecule has 0 aliphatic rings. The fourth-order valence-corrected chi connectivity index (χ4v) is 1.20. The van der Waals surface area contributed by atoms with Gasteiger partial charge < -0.3 is 0 Å². The Morgan fingerprint density at radius 1 is 1.33 bits per heavy atom. The van der Waals surface area contributed by atoms with Gasteiger partial charge in [0.15, 0.2) is 0 Å². The molecule has 0 aromatic heterocycles. The summed E-state index contributed by atoms with van der Waals surface area (Å²) < 4.78 is 0. The lowest BCUT2D eigenvalue weighted by Crippen LogP contribution is -2.32. The van der Waals surface area contributed by atoms with E-state index in [1.807, 2.05) is 7.05 Å². The van der Waals surface area contributed by atoms with Crippen LogP contribution < -0.4 is 10.9 Å². The Morgan fingerprint density at radius 3 is 2.58 bits per heavy atom. The van der Waals surface area contributed by atoms with Crippen molar-refractivity contribution < 1.29 is 0 Å². The molecule has 1 unspecified atom stereocenters. The highest BCUT2D eigenvalue weighted by Crippen LogP contribution is 2.06. The van der Waals surface area contributed by atoms with E-state index in [1.165, 1.54) is 12.8 Å². The van der Waals surface area contributed by atoms with Gasteiger partial charge in [0.2, 0.25) is 0 Å². The van der Waals surface area contributed by atoms with Crippen LogP contribution in [-0.2, 0) is 0 Å². The van der Waals surface area contributed by atoms with Crippen LogP contribution in [0.3, 0.4) is 0 Å². The predicted octanol–water partition coefficient (Wildman–Crippen LogP) is 2.09. The summed E-state index contributed by atoms with van der Waals surface area (Å²) in [5.41, 5.74) is 6.09. The monoisotopic (exact) mass is 170 g/mol. The second-order valence-corrected chi connectivity index (χ2v) is 3.02. The van der Waals surface area contributed by atoms with E-state index in [1.54, 1.807) is 0 Å². The molecule has 0 heterocycles. The SMILES string of the molecule is CC/C=C\C(CCC)CNNC. The topological polar surface area (TPSA) is 24.1 Å². The van der Waals surface area contributed by atoms with Crippen molar-refractivity contribution >= 4 is 0 Å². The van der Waals surface area contributed by atoms with E-state index in [2.05, 4.69) is 36.9 Å². The van der Waals surface area contributed by atoms with Crippen LogP contribution in [0.5, 0.6) is 0 Å². The summed E-state index contributed by atoms with van der Waals surface area (Å²) in [5, 5.41) is 0. The third kappa shape index (κ3) is 6.38. The minimum atomic E-state index is 0.683. The molecule has 0 aromatic carbocycles. The lowest BCUT2D eigenvalue weighted by molar-refractivity contribution is 0.482. The molecule has 0 aromatic rings. The molecule has 12 heavy (non-hydrogen) atoms. The second kappa shape index (κ2) is 8.75. The molecule has 0 spiro atoms. The van der Waals surface area contributed by atoms with Crippen LogP contribution in [0.2, 0.25) is 0 Å². The van der Waals surface area contributed by atoms with Crippen molar-refractivity contribution in [2.75, 3.05) is 13.6 Å². The van der Waals surface area contributed by atoms with Crippen molar-refractivity contribution in [3.8, 4) is 0 Å². The Bertz CT molecular complexity index is 110. The molecule has 0 saturated carbocycles. The molecule has 2 heteroatoms. The number of hydrogen-bond acceptors (Lipinski definition) is 2. The van der Waals surface area contributed by atoms with Crippen molar-refractivity contribution in [1.29, 1.82) is 0 Å². The molecular formula is C10H22N2. The number of allylic oxidation sites excluding steroid dienone is 1. The summed E-state index contributed by atoms with van der Waals surface area (Å²) in [6, 6.07) is 0. The molecule has 0 bridgehead atoms. The maximum atomic E-state index is 3.14. The first-order valence-corrected chi connectivity index (χ1v) is 4.91. The predicted molar refractivity (Wildman–Crippen MR) is 54.9 cm³/mol. The summed E-state index contributed by atoms with van der Waals surface area (Å²) >= 11 is 0. The fourth-order valence-electron chi connectivity index (χ4n) is 1.20. The molecule has 0 saturated heterocycles. The Balaban J connectivity index is 3.61. The molecule has 0 rings (SSSR count). The van der Waals surface area contributed by atoms with E-state index in [9.17, 15) is 0 Å². The molecule has 1 atom stereocenters. The number of rotatable bonds is 7. The lowest BCUT2D eigenvalue weighted by atomic mass is 10.0. The Hall–Kier alpha value is -0.340. The van der Waals surface area contributed by atoms with Crippen LogP contribution in [0.15, 0.2) is 12.2 Å². The van der Waals surface area contributed by atoms with Crippen molar-refractivity contribution in [1.82, 2.24) is 10.9 Å². The van der Waals surface area contributed by atoms with Gasteiger partial charge in [-0.3, -0.25) is 10.9 Å². The summed E-state index contributed by atoms with van der Waals surface area (Å²) in [6.45, 7) is 5.43. The van der Waals surface area contributed by atoms with Crippen LogP contribution in [0.25, 0.3) is 0 Å². The Kier molecular flexibility index (Phi) is 8.51. The Morgan fingerprint density at radius 2 is 2.08 bits per heavy atom. The minimum absolute atomic E-state index is 0.683. The van der Waals surface area contributed by atoms with Gasteiger partial charge in [-0.15, -0.1) is 0 Å². The van der Waals surface area contributed by atoms with E-state index in [4.69, 9.17) is 0 Å². The molecular weight excluding hydrogens is 148 g/mol. The highest BCUT2D eigenvalue weighted by atomic mass is 15.3. The largest absolute Gasteiger partial charge is 0.261 e. The number of hydrogen-bond donors (Lipinski definition) is 2. The van der Waals surface area contributed by atoms with Crippen molar-refractivity contribution in [3.05, 3.63) is 12.2 Å². The summed E-state index contributed by atoms with van der Waals surface area (Å²) in [6.07, 6.45) is 8.22. The van der Waals surface area contributed by atoms with E-state index < -0.39 is 0 Å². The van der Waals surface area contributed by atoms with Gasteiger partial charge in [-0.1, -0.05) is 32.4 Å². The average Bonchev–Trinajstić information content (AvgIpc) is 2.10. The zero-order valence-corrected chi connectivity index (χ0v) is 8.56. The van der Waals surface area contributed by atoms with E-state index in [0.29, 0.717) is 5.92 Å². The minimum Gasteiger partial charge on any atom is -0.261 e. The molecule has 2 nitrogen and oxygen atoms in total. The molecule has 2 N–H and O–H groups in total.